The molecule has 0 amide bonds. The second kappa shape index (κ2) is 8.33. The van der Waals surface area contributed by atoms with Gasteiger partial charge in [0.2, 0.25) is 5.75 Å². The van der Waals surface area contributed by atoms with Crippen LogP contribution in [0.25, 0.3) is 21.9 Å². The van der Waals surface area contributed by atoms with Gasteiger partial charge in [0.05, 0.1) is 13.4 Å². The van der Waals surface area contributed by atoms with Crippen molar-refractivity contribution in [3.8, 4) is 5.75 Å². The third kappa shape index (κ3) is 3.93. The number of hydrazine groups is 1. The molecule has 4 rings (SSSR count). The summed E-state index contributed by atoms with van der Waals surface area (Å²) in [6, 6.07) is 17.1. The lowest BCUT2D eigenvalue weighted by Crippen LogP contribution is -2.24. The monoisotopic (exact) mass is 352 g/mol. The SMILES string of the molecule is COc1c2occc2cc2ccc(=O)oc12.NNCCc1ccccc1. The third-order valence-electron chi connectivity index (χ3n) is 3.89. The second-order valence-corrected chi connectivity index (χ2v) is 5.61. The van der Waals surface area contributed by atoms with Crippen LogP contribution in [0.1, 0.15) is 5.56 Å². The molecule has 2 aromatic carbocycles. The van der Waals surface area contributed by atoms with Gasteiger partial charge < -0.3 is 13.6 Å². The predicted molar refractivity (Wildman–Crippen MR) is 101 cm³/mol. The number of methoxy groups -OCH3 is 1. The summed E-state index contributed by atoms with van der Waals surface area (Å²) in [7, 11) is 1.52. The van der Waals surface area contributed by atoms with Gasteiger partial charge in [-0.15, -0.1) is 0 Å². The number of hydrogen-bond donors (Lipinski definition) is 2. The Morgan fingerprint density at radius 1 is 1.04 bits per heavy atom. The Kier molecular flexibility index (Phi) is 5.68. The lowest BCUT2D eigenvalue weighted by Gasteiger charge is -2.03. The maximum atomic E-state index is 11.2. The van der Waals surface area contributed by atoms with Crippen LogP contribution < -0.4 is 21.6 Å². The van der Waals surface area contributed by atoms with E-state index in [-0.39, 0.29) is 0 Å². The van der Waals surface area contributed by atoms with Crippen LogP contribution in [0.2, 0.25) is 0 Å². The maximum Gasteiger partial charge on any atom is 0.336 e. The summed E-state index contributed by atoms with van der Waals surface area (Å²) in [6.07, 6.45) is 2.57. The molecule has 0 aliphatic rings. The maximum absolute atomic E-state index is 11.2. The number of nitrogens with two attached hydrogens (primary N) is 1. The fraction of sp³-hybridized carbons (Fsp3) is 0.150. The molecule has 6 nitrogen and oxygen atoms in total. The number of furan rings is 1. The van der Waals surface area contributed by atoms with Crippen molar-refractivity contribution in [3.05, 3.63) is 76.8 Å². The Hall–Kier alpha value is -3.09. The van der Waals surface area contributed by atoms with Crippen molar-refractivity contribution in [3.63, 3.8) is 0 Å². The molecular formula is C20H20N2O4. The molecule has 0 atom stereocenters. The highest BCUT2D eigenvalue weighted by molar-refractivity contribution is 5.99. The van der Waals surface area contributed by atoms with Crippen molar-refractivity contribution >= 4 is 21.9 Å². The van der Waals surface area contributed by atoms with Gasteiger partial charge in [-0.3, -0.25) is 11.3 Å². The molecule has 2 aromatic heterocycles. The van der Waals surface area contributed by atoms with Gasteiger partial charge in [-0.2, -0.15) is 0 Å². The van der Waals surface area contributed by atoms with Crippen LogP contribution in [-0.2, 0) is 6.42 Å². The summed E-state index contributed by atoms with van der Waals surface area (Å²) in [6.45, 7) is 0.837. The van der Waals surface area contributed by atoms with Crippen molar-refractivity contribution in [2.75, 3.05) is 13.7 Å². The van der Waals surface area contributed by atoms with Crippen molar-refractivity contribution in [1.29, 1.82) is 0 Å². The van der Waals surface area contributed by atoms with Gasteiger partial charge in [0.15, 0.2) is 11.2 Å². The number of rotatable bonds is 4. The van der Waals surface area contributed by atoms with Crippen LogP contribution >= 0.6 is 0 Å². The lowest BCUT2D eigenvalue weighted by molar-refractivity contribution is 0.403. The van der Waals surface area contributed by atoms with Crippen LogP contribution in [0.3, 0.4) is 0 Å². The Morgan fingerprint density at radius 3 is 2.54 bits per heavy atom. The minimum Gasteiger partial charge on any atom is -0.490 e. The molecule has 26 heavy (non-hydrogen) atoms. The molecule has 4 aromatic rings. The Balaban J connectivity index is 0.000000170. The zero-order valence-corrected chi connectivity index (χ0v) is 14.4. The summed E-state index contributed by atoms with van der Waals surface area (Å²) < 4.78 is 15.6. The van der Waals surface area contributed by atoms with E-state index in [2.05, 4.69) is 17.6 Å². The topological polar surface area (TPSA) is 90.6 Å². The first-order valence-corrected chi connectivity index (χ1v) is 8.18. The molecule has 0 aliphatic heterocycles. The number of nitrogens with one attached hydrogen (secondary N) is 1. The van der Waals surface area contributed by atoms with Crippen LogP contribution in [0.5, 0.6) is 5.75 Å². The van der Waals surface area contributed by atoms with Gasteiger partial charge in [0, 0.05) is 23.4 Å². The zero-order valence-electron chi connectivity index (χ0n) is 14.4. The average molecular weight is 352 g/mol. The number of benzene rings is 2. The van der Waals surface area contributed by atoms with Crippen LogP contribution in [0.4, 0.5) is 0 Å². The fourth-order valence-electron chi connectivity index (χ4n) is 2.65. The molecule has 0 bridgehead atoms. The van der Waals surface area contributed by atoms with E-state index >= 15 is 0 Å². The van der Waals surface area contributed by atoms with E-state index in [9.17, 15) is 4.79 Å². The number of ether oxygens (including phenoxy) is 1. The van der Waals surface area contributed by atoms with Crippen LogP contribution in [0, 0.1) is 0 Å². The molecule has 134 valence electrons. The van der Waals surface area contributed by atoms with Crippen molar-refractivity contribution in [2.24, 2.45) is 5.84 Å². The molecule has 0 saturated carbocycles. The highest BCUT2D eigenvalue weighted by Gasteiger charge is 2.13. The lowest BCUT2D eigenvalue weighted by atomic mass is 10.1. The summed E-state index contributed by atoms with van der Waals surface area (Å²) in [5, 5.41) is 1.73. The molecule has 0 spiro atoms. The first-order chi connectivity index (χ1) is 12.7. The third-order valence-corrected chi connectivity index (χ3v) is 3.89. The summed E-state index contributed by atoms with van der Waals surface area (Å²) in [5.41, 5.74) is 4.53. The van der Waals surface area contributed by atoms with Gasteiger partial charge >= 0.3 is 5.63 Å². The summed E-state index contributed by atoms with van der Waals surface area (Å²) in [5.74, 6) is 5.58. The molecule has 0 saturated heterocycles. The second-order valence-electron chi connectivity index (χ2n) is 5.61. The molecule has 0 aliphatic carbocycles. The van der Waals surface area contributed by atoms with Gasteiger partial charge in [0.25, 0.3) is 0 Å². The van der Waals surface area contributed by atoms with Gasteiger partial charge in [-0.1, -0.05) is 30.3 Å². The number of hydrogen-bond acceptors (Lipinski definition) is 6. The zero-order chi connectivity index (χ0) is 18.4. The summed E-state index contributed by atoms with van der Waals surface area (Å²) >= 11 is 0. The molecule has 3 N–H and O–H groups in total. The Morgan fingerprint density at radius 2 is 1.81 bits per heavy atom. The highest BCUT2D eigenvalue weighted by Crippen LogP contribution is 2.34. The molecular weight excluding hydrogens is 332 g/mol. The smallest absolute Gasteiger partial charge is 0.336 e. The van der Waals surface area contributed by atoms with Crippen LogP contribution in [-0.4, -0.2) is 13.7 Å². The van der Waals surface area contributed by atoms with E-state index in [1.165, 1.54) is 18.7 Å². The predicted octanol–water partition coefficient (Wildman–Crippen LogP) is 3.24. The van der Waals surface area contributed by atoms with E-state index in [1.54, 1.807) is 12.3 Å². The van der Waals surface area contributed by atoms with Crippen molar-refractivity contribution < 1.29 is 13.6 Å². The fourth-order valence-corrected chi connectivity index (χ4v) is 2.65. The standard InChI is InChI=1S/C12H8O4.C8H12N2/c1-14-12-10-8(4-5-15-10)6-7-2-3-9(13)16-11(7)12;9-10-7-6-8-4-2-1-3-5-8/h2-6H,1H3;1-5,10H,6-7,9H2. The molecule has 0 unspecified atom stereocenters. The minimum absolute atomic E-state index is 0.406. The molecule has 2 heterocycles. The van der Waals surface area contributed by atoms with Crippen LogP contribution in [0.15, 0.2) is 74.5 Å². The van der Waals surface area contributed by atoms with E-state index in [4.69, 9.17) is 19.4 Å². The average Bonchev–Trinajstić information content (AvgIpc) is 3.14. The van der Waals surface area contributed by atoms with Crippen molar-refractivity contribution in [1.82, 2.24) is 5.43 Å². The van der Waals surface area contributed by atoms with Gasteiger partial charge in [0.1, 0.15) is 0 Å². The first kappa shape index (κ1) is 17.7. The minimum atomic E-state index is -0.406. The van der Waals surface area contributed by atoms with Gasteiger partial charge in [-0.25, -0.2) is 4.79 Å². The van der Waals surface area contributed by atoms with Crippen molar-refractivity contribution in [2.45, 2.75) is 6.42 Å². The molecule has 0 radical (unpaired) electrons. The number of fused-ring (bicyclic) bond motifs is 2. The quantitative estimate of drug-likeness (QED) is 0.333. The highest BCUT2D eigenvalue weighted by atomic mass is 16.5. The Labute approximate surface area is 150 Å². The Bertz CT molecular complexity index is 1040. The van der Waals surface area contributed by atoms with Gasteiger partial charge in [-0.05, 0) is 30.2 Å². The summed E-state index contributed by atoms with van der Waals surface area (Å²) in [4.78, 5) is 11.2. The van der Waals surface area contributed by atoms with E-state index in [1.807, 2.05) is 30.3 Å². The molecule has 6 heteroatoms. The molecule has 0 fully saturated rings. The largest absolute Gasteiger partial charge is 0.490 e. The first-order valence-electron chi connectivity index (χ1n) is 8.18. The van der Waals surface area contributed by atoms with E-state index in [0.717, 1.165) is 23.7 Å². The normalized spacial score (nSPS) is 10.5. The van der Waals surface area contributed by atoms with E-state index in [0.29, 0.717) is 16.9 Å². The van der Waals surface area contributed by atoms with E-state index < -0.39 is 5.63 Å².